The number of aliphatic hydroxyl groups is 2. The van der Waals surface area contributed by atoms with Crippen LogP contribution < -0.4 is 0 Å². The third kappa shape index (κ3) is 4.01. The summed E-state index contributed by atoms with van der Waals surface area (Å²) in [6.45, 7) is 0.167. The summed E-state index contributed by atoms with van der Waals surface area (Å²) < 4.78 is 38.0. The Kier molecular flexibility index (Phi) is 7.14. The Hall–Kier alpha value is -0.360. The van der Waals surface area contributed by atoms with Crippen molar-refractivity contribution in [2.75, 3.05) is 41.7 Å². The van der Waals surface area contributed by atoms with E-state index < -0.39 is 49.2 Å². The van der Waals surface area contributed by atoms with Crippen molar-refractivity contribution in [3.05, 3.63) is 0 Å². The average molecular weight is 338 g/mol. The molecule has 2 saturated heterocycles. The lowest BCUT2D eigenvalue weighted by molar-refractivity contribution is -0.331. The quantitative estimate of drug-likeness (QED) is 0.598. The lowest BCUT2D eigenvalue weighted by Gasteiger charge is -2.43. The SMILES string of the molecule is CO[C@@H]1[C@@H](OC)[C@@H](O[C@@H]2CO[C@@H](O)[C@H](OC)[C@H]2OC)OC[C@H]1O. The van der Waals surface area contributed by atoms with Gasteiger partial charge < -0.3 is 43.4 Å². The molecule has 0 saturated carbocycles. The van der Waals surface area contributed by atoms with Crippen LogP contribution >= 0.6 is 0 Å². The van der Waals surface area contributed by atoms with E-state index in [1.165, 1.54) is 28.4 Å². The van der Waals surface area contributed by atoms with E-state index >= 15 is 0 Å². The molecule has 0 aromatic heterocycles. The molecule has 0 aromatic rings. The van der Waals surface area contributed by atoms with E-state index in [4.69, 9.17) is 33.2 Å². The van der Waals surface area contributed by atoms with Crippen LogP contribution in [0.15, 0.2) is 0 Å². The third-order valence-corrected chi connectivity index (χ3v) is 4.20. The molecule has 8 atom stereocenters. The highest BCUT2D eigenvalue weighted by Crippen LogP contribution is 2.27. The van der Waals surface area contributed by atoms with Gasteiger partial charge in [0.2, 0.25) is 0 Å². The van der Waals surface area contributed by atoms with Gasteiger partial charge in [0.05, 0.1) is 13.2 Å². The lowest BCUT2D eigenvalue weighted by atomic mass is 10.0. The summed E-state index contributed by atoms with van der Waals surface area (Å²) >= 11 is 0. The number of aliphatic hydroxyl groups excluding tert-OH is 2. The van der Waals surface area contributed by atoms with E-state index in [2.05, 4.69) is 0 Å². The van der Waals surface area contributed by atoms with E-state index in [9.17, 15) is 10.2 Å². The number of hydrogen-bond acceptors (Lipinski definition) is 9. The van der Waals surface area contributed by atoms with E-state index in [1.807, 2.05) is 0 Å². The van der Waals surface area contributed by atoms with Crippen LogP contribution in [0.3, 0.4) is 0 Å². The Morgan fingerprint density at radius 3 is 1.91 bits per heavy atom. The molecule has 9 nitrogen and oxygen atoms in total. The van der Waals surface area contributed by atoms with Gasteiger partial charge in [-0.2, -0.15) is 0 Å². The summed E-state index contributed by atoms with van der Waals surface area (Å²) in [5, 5.41) is 19.7. The van der Waals surface area contributed by atoms with Crippen molar-refractivity contribution < 1.29 is 43.4 Å². The first-order valence-corrected chi connectivity index (χ1v) is 7.43. The highest BCUT2D eigenvalue weighted by Gasteiger charge is 2.46. The standard InChI is InChI=1S/C14H26O9/c1-17-9-7(15)5-22-14(12(9)20-4)23-8-6-21-13(16)11(19-3)10(8)18-2/h7-16H,5-6H2,1-4H3/t7-,8-,9+,10+,11-,12-,13-,14-/m1/s1. The predicted octanol–water partition coefficient (Wildman–Crippen LogP) is -1.50. The molecule has 2 heterocycles. The van der Waals surface area contributed by atoms with Gasteiger partial charge in [-0.3, -0.25) is 0 Å². The molecule has 9 heteroatoms. The molecule has 2 N–H and O–H groups in total. The van der Waals surface area contributed by atoms with Gasteiger partial charge in [0.25, 0.3) is 0 Å². The van der Waals surface area contributed by atoms with Crippen molar-refractivity contribution in [2.24, 2.45) is 0 Å². The molecular weight excluding hydrogens is 312 g/mol. The topological polar surface area (TPSA) is 105 Å². The normalized spacial score (nSPS) is 45.1. The number of hydrogen-bond donors (Lipinski definition) is 2. The van der Waals surface area contributed by atoms with E-state index in [1.54, 1.807) is 0 Å². The van der Waals surface area contributed by atoms with E-state index in [0.717, 1.165) is 0 Å². The first kappa shape index (κ1) is 19.0. The van der Waals surface area contributed by atoms with E-state index in [0.29, 0.717) is 0 Å². The molecule has 0 radical (unpaired) electrons. The molecule has 0 bridgehead atoms. The second kappa shape index (κ2) is 8.65. The monoisotopic (exact) mass is 338 g/mol. The summed E-state index contributed by atoms with van der Waals surface area (Å²) in [4.78, 5) is 0. The van der Waals surface area contributed by atoms with Crippen molar-refractivity contribution in [1.82, 2.24) is 0 Å². The van der Waals surface area contributed by atoms with Gasteiger partial charge in [-0.1, -0.05) is 0 Å². The van der Waals surface area contributed by atoms with Crippen LogP contribution in [0, 0.1) is 0 Å². The summed E-state index contributed by atoms with van der Waals surface area (Å²) in [7, 11) is 5.93. The van der Waals surface area contributed by atoms with Crippen LogP contribution in [0.2, 0.25) is 0 Å². The Bertz CT molecular complexity index is 323. The average Bonchev–Trinajstić information content (AvgIpc) is 2.56. The fourth-order valence-electron chi connectivity index (χ4n) is 2.99. The smallest absolute Gasteiger partial charge is 0.187 e. The second-order valence-corrected chi connectivity index (χ2v) is 5.47. The minimum Gasteiger partial charge on any atom is -0.388 e. The van der Waals surface area contributed by atoms with Crippen molar-refractivity contribution in [3.63, 3.8) is 0 Å². The molecule has 0 aromatic carbocycles. The Balaban J connectivity index is 2.07. The van der Waals surface area contributed by atoms with Crippen LogP contribution in [0.25, 0.3) is 0 Å². The fourth-order valence-corrected chi connectivity index (χ4v) is 2.99. The van der Waals surface area contributed by atoms with Crippen molar-refractivity contribution >= 4 is 0 Å². The molecule has 23 heavy (non-hydrogen) atoms. The van der Waals surface area contributed by atoms with Gasteiger partial charge in [0.15, 0.2) is 12.6 Å². The van der Waals surface area contributed by atoms with Crippen molar-refractivity contribution in [1.29, 1.82) is 0 Å². The van der Waals surface area contributed by atoms with Crippen LogP contribution in [0.5, 0.6) is 0 Å². The Labute approximate surface area is 135 Å². The molecule has 0 amide bonds. The Morgan fingerprint density at radius 2 is 1.35 bits per heavy atom. The molecule has 0 spiro atoms. The second-order valence-electron chi connectivity index (χ2n) is 5.47. The molecule has 2 fully saturated rings. The summed E-state index contributed by atoms with van der Waals surface area (Å²) in [6.07, 6.45) is -5.63. The minimum atomic E-state index is -1.09. The highest BCUT2D eigenvalue weighted by molar-refractivity contribution is 4.89. The highest BCUT2D eigenvalue weighted by atomic mass is 16.7. The first-order valence-electron chi connectivity index (χ1n) is 7.43. The zero-order chi connectivity index (χ0) is 17.0. The summed E-state index contributed by atoms with van der Waals surface area (Å²) in [5.41, 5.74) is 0. The van der Waals surface area contributed by atoms with Gasteiger partial charge in [-0.15, -0.1) is 0 Å². The van der Waals surface area contributed by atoms with Crippen LogP contribution in [-0.2, 0) is 33.2 Å². The molecule has 2 aliphatic heterocycles. The minimum absolute atomic E-state index is 0.0601. The van der Waals surface area contributed by atoms with Crippen LogP contribution in [0.1, 0.15) is 0 Å². The third-order valence-electron chi connectivity index (χ3n) is 4.20. The van der Waals surface area contributed by atoms with Gasteiger partial charge in [-0.05, 0) is 0 Å². The molecule has 0 unspecified atom stereocenters. The predicted molar refractivity (Wildman–Crippen MR) is 75.8 cm³/mol. The Morgan fingerprint density at radius 1 is 0.739 bits per heavy atom. The van der Waals surface area contributed by atoms with Crippen LogP contribution in [-0.4, -0.2) is 101 Å². The van der Waals surface area contributed by atoms with E-state index in [-0.39, 0.29) is 13.2 Å². The summed E-state index contributed by atoms with van der Waals surface area (Å²) in [6, 6.07) is 0. The molecule has 2 rings (SSSR count). The summed E-state index contributed by atoms with van der Waals surface area (Å²) in [5.74, 6) is 0. The first-order chi connectivity index (χ1) is 11.1. The largest absolute Gasteiger partial charge is 0.388 e. The number of ether oxygens (including phenoxy) is 7. The molecule has 0 aliphatic carbocycles. The maximum Gasteiger partial charge on any atom is 0.187 e. The van der Waals surface area contributed by atoms with Crippen molar-refractivity contribution in [2.45, 2.75) is 49.2 Å². The van der Waals surface area contributed by atoms with Crippen molar-refractivity contribution in [3.8, 4) is 0 Å². The number of methoxy groups -OCH3 is 4. The van der Waals surface area contributed by atoms with Gasteiger partial charge in [-0.25, -0.2) is 0 Å². The maximum absolute atomic E-state index is 9.92. The number of rotatable bonds is 6. The van der Waals surface area contributed by atoms with Crippen LogP contribution in [0.4, 0.5) is 0 Å². The lowest BCUT2D eigenvalue weighted by Crippen LogP contribution is -2.60. The molecule has 136 valence electrons. The zero-order valence-electron chi connectivity index (χ0n) is 13.8. The molecule has 2 aliphatic rings. The van der Waals surface area contributed by atoms with Gasteiger partial charge in [0.1, 0.15) is 36.6 Å². The van der Waals surface area contributed by atoms with Gasteiger partial charge >= 0.3 is 0 Å². The van der Waals surface area contributed by atoms with Gasteiger partial charge in [0, 0.05) is 28.4 Å². The maximum atomic E-state index is 9.92. The zero-order valence-corrected chi connectivity index (χ0v) is 13.8. The fraction of sp³-hybridized carbons (Fsp3) is 1.00. The molecular formula is C14H26O9.